The predicted molar refractivity (Wildman–Crippen MR) is 136 cm³/mol. The molecule has 0 fully saturated rings. The second-order valence-electron chi connectivity index (χ2n) is 10.7. The number of ketones is 1. The first-order chi connectivity index (χ1) is 15.2. The first-order valence-corrected chi connectivity index (χ1v) is 11.6. The molecule has 1 aromatic carbocycles. The number of nitrogens with zero attached hydrogens (tertiary/aromatic N) is 1. The smallest absolute Gasteiger partial charge is 0.164 e. The van der Waals surface area contributed by atoms with Crippen LogP contribution in [0.5, 0.6) is 0 Å². The summed E-state index contributed by atoms with van der Waals surface area (Å²) in [7, 11) is 0. The van der Waals surface area contributed by atoms with Gasteiger partial charge >= 0.3 is 0 Å². The molecule has 0 aliphatic heterocycles. The van der Waals surface area contributed by atoms with Gasteiger partial charge in [-0.15, -0.1) is 34.9 Å². The van der Waals surface area contributed by atoms with E-state index in [0.29, 0.717) is 5.92 Å². The van der Waals surface area contributed by atoms with Crippen molar-refractivity contribution in [2.45, 2.75) is 74.7 Å². The van der Waals surface area contributed by atoms with Gasteiger partial charge in [0.2, 0.25) is 0 Å². The molecule has 2 heterocycles. The van der Waals surface area contributed by atoms with Gasteiger partial charge in [-0.2, -0.15) is 0 Å². The van der Waals surface area contributed by atoms with Gasteiger partial charge in [0.25, 0.3) is 0 Å². The summed E-state index contributed by atoms with van der Waals surface area (Å²) in [5.41, 5.74) is 4.56. The van der Waals surface area contributed by atoms with E-state index in [2.05, 4.69) is 44.0 Å². The Labute approximate surface area is 218 Å². The molecule has 2 aromatic heterocycles. The number of aliphatic hydroxyl groups is 1. The van der Waals surface area contributed by atoms with Crippen molar-refractivity contribution >= 4 is 16.8 Å². The number of allylic oxidation sites excluding steroid dienone is 2. The standard InChI is InChI=1S/C18H18NO.C11H20O2.Ir/c1-4-13(3)15-7-12(2)8-16(9-15)17-10-18-14(11-19-17)5-6-20-18;1-10(2,3)8(12)7-9(13)11(4,5)6;/h5-7,9-11,13H,4H2,1-3H3;7,12H,1-6H3;/q-1;;/b;8-7-;. The van der Waals surface area contributed by atoms with Crippen LogP contribution < -0.4 is 0 Å². The Morgan fingerprint density at radius 1 is 1.15 bits per heavy atom. The molecule has 0 spiro atoms. The Bertz CT molecular complexity index is 1130. The molecule has 4 nitrogen and oxygen atoms in total. The molecule has 187 valence electrons. The number of rotatable bonds is 4. The summed E-state index contributed by atoms with van der Waals surface area (Å²) in [6.45, 7) is 17.7. The van der Waals surface area contributed by atoms with E-state index in [4.69, 9.17) is 4.42 Å². The molecule has 0 bridgehead atoms. The number of carbonyl (C=O) groups excluding carboxylic acids is 1. The van der Waals surface area contributed by atoms with Crippen molar-refractivity contribution in [2.75, 3.05) is 0 Å². The molecule has 1 radical (unpaired) electrons. The van der Waals surface area contributed by atoms with Gasteiger partial charge in [-0.05, 0) is 23.7 Å². The maximum Gasteiger partial charge on any atom is 0.164 e. The van der Waals surface area contributed by atoms with Crippen molar-refractivity contribution in [3.05, 3.63) is 65.8 Å². The van der Waals surface area contributed by atoms with Crippen LogP contribution in [0.1, 0.15) is 78.9 Å². The summed E-state index contributed by atoms with van der Waals surface area (Å²) in [6.07, 6.45) is 6.02. The molecule has 0 saturated carbocycles. The van der Waals surface area contributed by atoms with Crippen LogP contribution in [0.4, 0.5) is 0 Å². The summed E-state index contributed by atoms with van der Waals surface area (Å²) in [6, 6.07) is 11.7. The monoisotopic (exact) mass is 641 g/mol. The van der Waals surface area contributed by atoms with Crippen LogP contribution in [0, 0.1) is 23.8 Å². The van der Waals surface area contributed by atoms with E-state index in [1.165, 1.54) is 11.6 Å². The SMILES string of the molecule is CC(C)(C)C(=O)/C=C(\O)C(C)(C)C.CCC(C)c1cc(C)[c-]c(-c2cc3occc3cn2)c1.[Ir]. The Morgan fingerprint density at radius 2 is 1.79 bits per heavy atom. The summed E-state index contributed by atoms with van der Waals surface area (Å²) < 4.78 is 5.46. The zero-order valence-corrected chi connectivity index (χ0v) is 24.3. The fourth-order valence-electron chi connectivity index (χ4n) is 2.96. The number of benzene rings is 1. The van der Waals surface area contributed by atoms with Crippen molar-refractivity contribution in [2.24, 2.45) is 10.8 Å². The van der Waals surface area contributed by atoms with Crippen molar-refractivity contribution in [3.8, 4) is 11.3 Å². The number of aliphatic hydroxyl groups excluding tert-OH is 1. The molecule has 1 unspecified atom stereocenters. The maximum absolute atomic E-state index is 11.5. The van der Waals surface area contributed by atoms with Crippen LogP contribution >= 0.6 is 0 Å². The van der Waals surface area contributed by atoms with E-state index < -0.39 is 5.41 Å². The predicted octanol–water partition coefficient (Wildman–Crippen LogP) is 8.20. The minimum atomic E-state index is -0.417. The van der Waals surface area contributed by atoms with Gasteiger partial charge in [0.15, 0.2) is 5.78 Å². The third kappa shape index (κ3) is 8.21. The summed E-state index contributed by atoms with van der Waals surface area (Å²) in [5, 5.41) is 10.6. The molecule has 0 amide bonds. The van der Waals surface area contributed by atoms with Crippen LogP contribution in [0.2, 0.25) is 0 Å². The summed E-state index contributed by atoms with van der Waals surface area (Å²) in [5.74, 6) is 0.654. The molecule has 0 aliphatic carbocycles. The Kier molecular flexibility index (Phi) is 10.5. The number of pyridine rings is 1. The fourth-order valence-corrected chi connectivity index (χ4v) is 2.96. The average molecular weight is 641 g/mol. The molecule has 1 N–H and O–H groups in total. The van der Waals surface area contributed by atoms with E-state index in [9.17, 15) is 9.90 Å². The third-order valence-corrected chi connectivity index (χ3v) is 5.60. The van der Waals surface area contributed by atoms with Gasteiger partial charge in [-0.3, -0.25) is 4.79 Å². The molecule has 5 heteroatoms. The molecule has 0 saturated heterocycles. The molecular formula is C29H38IrNO3-. The van der Waals surface area contributed by atoms with Crippen molar-refractivity contribution < 1.29 is 34.4 Å². The van der Waals surface area contributed by atoms with Crippen molar-refractivity contribution in [1.82, 2.24) is 4.98 Å². The topological polar surface area (TPSA) is 63.3 Å². The van der Waals surface area contributed by atoms with Crippen LogP contribution in [0.15, 0.2) is 53.0 Å². The second-order valence-corrected chi connectivity index (χ2v) is 10.7. The van der Waals surface area contributed by atoms with E-state index >= 15 is 0 Å². The molecule has 3 rings (SSSR count). The first kappa shape index (κ1) is 29.8. The summed E-state index contributed by atoms with van der Waals surface area (Å²) >= 11 is 0. The van der Waals surface area contributed by atoms with Crippen molar-refractivity contribution in [3.63, 3.8) is 0 Å². The minimum absolute atomic E-state index is 0. The van der Waals surface area contributed by atoms with E-state index in [-0.39, 0.29) is 37.1 Å². The maximum atomic E-state index is 11.5. The van der Waals surface area contributed by atoms with Crippen molar-refractivity contribution in [1.29, 1.82) is 0 Å². The van der Waals surface area contributed by atoms with Crippen LogP contribution in [0.3, 0.4) is 0 Å². The van der Waals surface area contributed by atoms with Gasteiger partial charge in [0.05, 0.1) is 6.26 Å². The number of aryl methyl sites for hydroxylation is 1. The number of carbonyl (C=O) groups is 1. The Balaban J connectivity index is 0.000000364. The molecule has 1 atom stereocenters. The second kappa shape index (κ2) is 11.9. The number of fused-ring (bicyclic) bond motifs is 1. The Hall–Kier alpha value is -2.23. The third-order valence-electron chi connectivity index (χ3n) is 5.60. The minimum Gasteiger partial charge on any atom is -0.512 e. The number of hydrogen-bond acceptors (Lipinski definition) is 4. The first-order valence-electron chi connectivity index (χ1n) is 11.6. The fraction of sp³-hybridized carbons (Fsp3) is 0.448. The molecule has 0 aliphatic rings. The molecular weight excluding hydrogens is 603 g/mol. The number of furan rings is 1. The van der Waals surface area contributed by atoms with E-state index in [0.717, 1.165) is 34.2 Å². The van der Waals surface area contributed by atoms with Gasteiger partial charge in [-0.1, -0.05) is 68.7 Å². The quantitative estimate of drug-likeness (QED) is 0.177. The van der Waals surface area contributed by atoms with Crippen LogP contribution in [-0.4, -0.2) is 15.9 Å². The van der Waals surface area contributed by atoms with Crippen LogP contribution in [0.25, 0.3) is 22.2 Å². The van der Waals surface area contributed by atoms with Gasteiger partial charge in [0, 0.05) is 48.6 Å². The largest absolute Gasteiger partial charge is 0.512 e. The Morgan fingerprint density at radius 3 is 2.35 bits per heavy atom. The average Bonchev–Trinajstić information content (AvgIpc) is 3.19. The number of hydrogen-bond donors (Lipinski definition) is 1. The van der Waals surface area contributed by atoms with Gasteiger partial charge < -0.3 is 14.5 Å². The molecule has 34 heavy (non-hydrogen) atoms. The normalized spacial score (nSPS) is 13.0. The zero-order valence-electron chi connectivity index (χ0n) is 21.9. The van der Waals surface area contributed by atoms with E-state index in [1.54, 1.807) is 6.26 Å². The van der Waals surface area contributed by atoms with Gasteiger partial charge in [-0.25, -0.2) is 0 Å². The van der Waals surface area contributed by atoms with E-state index in [1.807, 2.05) is 59.9 Å². The summed E-state index contributed by atoms with van der Waals surface area (Å²) in [4.78, 5) is 16.0. The van der Waals surface area contributed by atoms with Gasteiger partial charge in [0.1, 0.15) is 11.3 Å². The molecule has 3 aromatic rings. The van der Waals surface area contributed by atoms with Crippen LogP contribution in [-0.2, 0) is 24.9 Å². The number of aromatic nitrogens is 1. The zero-order chi connectivity index (χ0) is 25.0.